The molecular weight excluding hydrogens is 124 g/mol. The monoisotopic (exact) mass is 130 g/mol. The number of carbonyl (C=O) groups excluding carboxylic acids is 1. The molecule has 3 rings (SSSR count). The highest BCUT2D eigenvalue weighted by Crippen LogP contribution is 2.53. The fraction of sp³-hybridized carbons (Fsp3) is 0.833. The number of ketones is 1. The van der Waals surface area contributed by atoms with Gasteiger partial charge in [0.1, 0.15) is 4.87 Å². The molecule has 0 spiro atoms. The molecule has 1 nitrogen and oxygen atoms in total. The van der Waals surface area contributed by atoms with Gasteiger partial charge >= 0.3 is 0 Å². The van der Waals surface area contributed by atoms with Crippen molar-refractivity contribution in [2.24, 2.45) is 5.92 Å². The summed E-state index contributed by atoms with van der Waals surface area (Å²) >= 11 is 5.83. The number of alkyl halides is 1. The third-order valence-corrected chi connectivity index (χ3v) is 2.72. The van der Waals surface area contributed by atoms with Crippen LogP contribution in [0.5, 0.6) is 0 Å². The smallest absolute Gasteiger partial charge is 0.154 e. The highest BCUT2D eigenvalue weighted by molar-refractivity contribution is 6.37. The molecule has 0 saturated heterocycles. The molecule has 0 unspecified atom stereocenters. The molecule has 2 heteroatoms. The van der Waals surface area contributed by atoms with E-state index >= 15 is 0 Å². The zero-order valence-corrected chi connectivity index (χ0v) is 5.24. The van der Waals surface area contributed by atoms with Crippen molar-refractivity contribution in [3.63, 3.8) is 0 Å². The van der Waals surface area contributed by atoms with Gasteiger partial charge < -0.3 is 0 Å². The summed E-state index contributed by atoms with van der Waals surface area (Å²) in [5, 5.41) is 0. The minimum atomic E-state index is -0.370. The molecule has 0 radical (unpaired) electrons. The van der Waals surface area contributed by atoms with Gasteiger partial charge in [0.05, 0.1) is 0 Å². The summed E-state index contributed by atoms with van der Waals surface area (Å²) < 4.78 is 0. The van der Waals surface area contributed by atoms with E-state index in [0.29, 0.717) is 5.92 Å². The molecule has 0 aromatic heterocycles. The lowest BCUT2D eigenvalue weighted by Crippen LogP contribution is -2.33. The maximum Gasteiger partial charge on any atom is 0.154 e. The molecule has 3 saturated carbocycles. The van der Waals surface area contributed by atoms with E-state index in [0.717, 1.165) is 19.3 Å². The largest absolute Gasteiger partial charge is 0.298 e. The van der Waals surface area contributed by atoms with Crippen LogP contribution in [0, 0.1) is 5.92 Å². The number of rotatable bonds is 0. The molecule has 0 aromatic carbocycles. The maximum absolute atomic E-state index is 10.8. The Bertz CT molecular complexity index is 147. The molecule has 44 valence electrons. The van der Waals surface area contributed by atoms with Crippen LogP contribution < -0.4 is 0 Å². The molecule has 0 amide bonds. The summed E-state index contributed by atoms with van der Waals surface area (Å²) in [4.78, 5) is 10.4. The van der Waals surface area contributed by atoms with Gasteiger partial charge in [0.25, 0.3) is 0 Å². The quantitative estimate of drug-likeness (QED) is 0.453. The van der Waals surface area contributed by atoms with Gasteiger partial charge in [0, 0.05) is 6.42 Å². The van der Waals surface area contributed by atoms with Crippen molar-refractivity contribution < 1.29 is 4.79 Å². The van der Waals surface area contributed by atoms with E-state index < -0.39 is 0 Å². The van der Waals surface area contributed by atoms with E-state index in [2.05, 4.69) is 0 Å². The fourth-order valence-electron chi connectivity index (χ4n) is 1.67. The Morgan fingerprint density at radius 1 is 1.62 bits per heavy atom. The predicted octanol–water partition coefficient (Wildman–Crippen LogP) is 1.35. The molecule has 0 aromatic rings. The third-order valence-electron chi connectivity index (χ3n) is 2.20. The van der Waals surface area contributed by atoms with E-state index in [-0.39, 0.29) is 10.7 Å². The first kappa shape index (κ1) is 4.80. The van der Waals surface area contributed by atoms with Crippen molar-refractivity contribution in [2.45, 2.75) is 24.1 Å². The standard InChI is InChI=1S/C6H7ClO/c7-6-2-4(3-6)1-5(6)8/h4H,1-3H2. The van der Waals surface area contributed by atoms with Crippen LogP contribution in [0.4, 0.5) is 0 Å². The summed E-state index contributed by atoms with van der Waals surface area (Å²) in [5.74, 6) is 0.934. The minimum absolute atomic E-state index is 0.282. The average Bonchev–Trinajstić information content (AvgIpc) is 1.90. The van der Waals surface area contributed by atoms with Gasteiger partial charge in [-0.25, -0.2) is 0 Å². The first-order valence-electron chi connectivity index (χ1n) is 2.93. The topological polar surface area (TPSA) is 17.1 Å². The van der Waals surface area contributed by atoms with Crippen molar-refractivity contribution in [2.75, 3.05) is 0 Å². The first-order chi connectivity index (χ1) is 3.71. The van der Waals surface area contributed by atoms with Crippen molar-refractivity contribution >= 4 is 17.4 Å². The zero-order valence-electron chi connectivity index (χ0n) is 4.48. The van der Waals surface area contributed by atoms with Crippen molar-refractivity contribution in [3.05, 3.63) is 0 Å². The van der Waals surface area contributed by atoms with Gasteiger partial charge in [-0.3, -0.25) is 4.79 Å². The molecule has 2 bridgehead atoms. The molecular formula is C6H7ClO. The molecule has 8 heavy (non-hydrogen) atoms. The summed E-state index contributed by atoms with van der Waals surface area (Å²) in [5.41, 5.74) is 0. The van der Waals surface area contributed by atoms with Crippen molar-refractivity contribution in [1.29, 1.82) is 0 Å². The molecule has 0 atom stereocenters. The number of halogens is 1. The van der Waals surface area contributed by atoms with Crippen LogP contribution in [0.2, 0.25) is 0 Å². The number of fused-ring (bicyclic) bond motifs is 1. The molecule has 3 fully saturated rings. The van der Waals surface area contributed by atoms with Crippen LogP contribution in [-0.2, 0) is 4.79 Å². The second-order valence-electron chi connectivity index (χ2n) is 2.87. The second-order valence-corrected chi connectivity index (χ2v) is 3.59. The van der Waals surface area contributed by atoms with Gasteiger partial charge in [0.15, 0.2) is 5.78 Å². The van der Waals surface area contributed by atoms with Gasteiger partial charge in [-0.2, -0.15) is 0 Å². The van der Waals surface area contributed by atoms with Crippen LogP contribution in [0.15, 0.2) is 0 Å². The van der Waals surface area contributed by atoms with E-state index in [1.54, 1.807) is 0 Å². The number of hydrogen-bond donors (Lipinski definition) is 0. The van der Waals surface area contributed by atoms with Crippen molar-refractivity contribution in [1.82, 2.24) is 0 Å². The predicted molar refractivity (Wildman–Crippen MR) is 30.9 cm³/mol. The number of hydrogen-bond acceptors (Lipinski definition) is 1. The van der Waals surface area contributed by atoms with Crippen LogP contribution in [0.1, 0.15) is 19.3 Å². The van der Waals surface area contributed by atoms with E-state index in [1.807, 2.05) is 0 Å². The normalized spacial score (nSPS) is 51.6. The molecule has 0 aliphatic heterocycles. The number of Topliss-reactive ketones (excluding diaryl/α,β-unsaturated/α-hetero) is 1. The van der Waals surface area contributed by atoms with Crippen molar-refractivity contribution in [3.8, 4) is 0 Å². The Morgan fingerprint density at radius 2 is 2.25 bits per heavy atom. The fourth-order valence-corrected chi connectivity index (χ4v) is 2.19. The third kappa shape index (κ3) is 0.368. The summed E-state index contributed by atoms with van der Waals surface area (Å²) in [6, 6.07) is 0. The van der Waals surface area contributed by atoms with Gasteiger partial charge in [-0.15, -0.1) is 11.6 Å². The van der Waals surface area contributed by atoms with Crippen LogP contribution >= 0.6 is 11.6 Å². The lowest BCUT2D eigenvalue weighted by molar-refractivity contribution is -0.118. The molecule has 0 N–H and O–H groups in total. The molecule has 0 heterocycles. The van der Waals surface area contributed by atoms with Crippen LogP contribution in [-0.4, -0.2) is 10.7 Å². The van der Waals surface area contributed by atoms with E-state index in [1.165, 1.54) is 0 Å². The van der Waals surface area contributed by atoms with Gasteiger partial charge in [-0.05, 0) is 18.8 Å². The van der Waals surface area contributed by atoms with Crippen LogP contribution in [0.3, 0.4) is 0 Å². The SMILES string of the molecule is O=C1CC2CC1(Cl)C2. The Labute approximate surface area is 53.0 Å². The Morgan fingerprint density at radius 3 is 2.38 bits per heavy atom. The van der Waals surface area contributed by atoms with E-state index in [4.69, 9.17) is 11.6 Å². The summed E-state index contributed by atoms with van der Waals surface area (Å²) in [6.07, 6.45) is 2.66. The van der Waals surface area contributed by atoms with E-state index in [9.17, 15) is 4.79 Å². The lowest BCUT2D eigenvalue weighted by Gasteiger charge is -2.29. The first-order valence-corrected chi connectivity index (χ1v) is 3.31. The van der Waals surface area contributed by atoms with Crippen LogP contribution in [0.25, 0.3) is 0 Å². The maximum atomic E-state index is 10.8. The van der Waals surface area contributed by atoms with Gasteiger partial charge in [-0.1, -0.05) is 0 Å². The van der Waals surface area contributed by atoms with Gasteiger partial charge in [0.2, 0.25) is 0 Å². The minimum Gasteiger partial charge on any atom is -0.298 e. The summed E-state index contributed by atoms with van der Waals surface area (Å²) in [7, 11) is 0. The molecule has 3 aliphatic carbocycles. The highest BCUT2D eigenvalue weighted by atomic mass is 35.5. The Hall–Kier alpha value is -0.0400. The number of carbonyl (C=O) groups is 1. The molecule has 3 aliphatic rings. The summed E-state index contributed by atoms with van der Waals surface area (Å²) in [6.45, 7) is 0. The highest BCUT2D eigenvalue weighted by Gasteiger charge is 2.55. The lowest BCUT2D eigenvalue weighted by atomic mass is 9.84. The Balaban J connectivity index is 2.33. The zero-order chi connectivity index (χ0) is 5.78. The Kier molecular flexibility index (Phi) is 0.663. The second kappa shape index (κ2) is 1.10. The average molecular weight is 131 g/mol.